The highest BCUT2D eigenvalue weighted by Crippen LogP contribution is 2.41. The van der Waals surface area contributed by atoms with Gasteiger partial charge in [0.05, 0.1) is 0 Å². The van der Waals surface area contributed by atoms with Gasteiger partial charge in [-0.2, -0.15) is 9.36 Å². The molecule has 0 bridgehead atoms. The van der Waals surface area contributed by atoms with Crippen LogP contribution in [0.25, 0.3) is 6.08 Å². The van der Waals surface area contributed by atoms with Crippen LogP contribution in [0.3, 0.4) is 0 Å². The van der Waals surface area contributed by atoms with Crippen molar-refractivity contribution in [1.29, 1.82) is 0 Å². The van der Waals surface area contributed by atoms with Crippen LogP contribution >= 0.6 is 35.1 Å². The average molecular weight is 548 g/mol. The molecule has 2 aromatic heterocycles. The van der Waals surface area contributed by atoms with Gasteiger partial charge in [-0.1, -0.05) is 11.2 Å². The number of carboxylic acid groups (broad SMARTS) is 1. The molecule has 4 N–H and O–H groups in total. The van der Waals surface area contributed by atoms with Gasteiger partial charge < -0.3 is 21.0 Å². The molecule has 4 heterocycles. The third-order valence-electron chi connectivity index (χ3n) is 4.99. The lowest BCUT2D eigenvalue weighted by Gasteiger charge is -2.49. The number of aromatic nitrogens is 3. The number of nitrogen functional groups attached to an aromatic ring is 1. The number of fused-ring (bicyclic) bond motifs is 1. The second-order valence-corrected chi connectivity index (χ2v) is 10.1. The Morgan fingerprint density at radius 2 is 2.31 bits per heavy atom. The molecule has 2 aliphatic heterocycles. The van der Waals surface area contributed by atoms with Gasteiger partial charge >= 0.3 is 5.97 Å². The first-order valence-corrected chi connectivity index (χ1v) is 13.5. The van der Waals surface area contributed by atoms with Crippen molar-refractivity contribution in [2.45, 2.75) is 18.3 Å². The van der Waals surface area contributed by atoms with Crippen LogP contribution in [0.2, 0.25) is 0 Å². The van der Waals surface area contributed by atoms with E-state index in [-0.39, 0.29) is 29.0 Å². The van der Waals surface area contributed by atoms with Crippen molar-refractivity contribution in [2.75, 3.05) is 23.8 Å². The van der Waals surface area contributed by atoms with Crippen molar-refractivity contribution in [1.82, 2.24) is 24.6 Å². The van der Waals surface area contributed by atoms with Gasteiger partial charge in [0, 0.05) is 35.4 Å². The lowest BCUT2D eigenvalue weighted by Crippen LogP contribution is -2.71. The van der Waals surface area contributed by atoms with Gasteiger partial charge in [-0.25, -0.2) is 4.79 Å². The Morgan fingerprint density at radius 1 is 1.47 bits per heavy atom. The van der Waals surface area contributed by atoms with Crippen molar-refractivity contribution < 1.29 is 24.3 Å². The lowest BCUT2D eigenvalue weighted by molar-refractivity contribution is -0.150. The molecule has 15 heteroatoms. The second-order valence-electron chi connectivity index (χ2n) is 7.33. The molecule has 2 aromatic rings. The fraction of sp³-hybridized carbons (Fsp3) is 0.286. The van der Waals surface area contributed by atoms with E-state index in [1.807, 2.05) is 23.6 Å². The molecule has 2 amide bonds. The highest BCUT2D eigenvalue weighted by Gasteiger charge is 2.54. The van der Waals surface area contributed by atoms with E-state index < -0.39 is 29.2 Å². The predicted octanol–water partition coefficient (Wildman–Crippen LogP) is 1.40. The number of carboxylic acids is 1. The van der Waals surface area contributed by atoms with Gasteiger partial charge in [-0.15, -0.1) is 23.5 Å². The van der Waals surface area contributed by atoms with Gasteiger partial charge in [0.15, 0.2) is 5.13 Å². The van der Waals surface area contributed by atoms with Crippen LogP contribution in [-0.4, -0.2) is 77.4 Å². The van der Waals surface area contributed by atoms with Crippen molar-refractivity contribution in [3.05, 3.63) is 52.6 Å². The molecule has 4 rings (SSSR count). The second kappa shape index (κ2) is 11.5. The highest BCUT2D eigenvalue weighted by atomic mass is 32.2. The minimum absolute atomic E-state index is 0.0202. The Bertz CT molecular complexity index is 1250. The minimum Gasteiger partial charge on any atom is -0.477 e. The summed E-state index contributed by atoms with van der Waals surface area (Å²) in [4.78, 5) is 52.1. The summed E-state index contributed by atoms with van der Waals surface area (Å²) >= 11 is 3.70. The number of carbonyl (C=O) groups excluding carboxylic acids is 2. The molecule has 0 aromatic carbocycles. The molecule has 2 atom stereocenters. The number of rotatable bonds is 10. The Hall–Kier alpha value is -3.43. The Balaban J connectivity index is 1.44. The zero-order chi connectivity index (χ0) is 25.7. The summed E-state index contributed by atoms with van der Waals surface area (Å²) < 4.78 is 3.98. The molecule has 0 radical (unpaired) electrons. The number of β-lactam (4-membered cyclic amide) rings is 1. The number of pyridine rings is 1. The van der Waals surface area contributed by atoms with Crippen LogP contribution in [0.15, 0.2) is 46.4 Å². The third-order valence-corrected chi connectivity index (χ3v) is 7.71. The minimum atomic E-state index is -1.19. The first kappa shape index (κ1) is 25.7. The van der Waals surface area contributed by atoms with Gasteiger partial charge in [0.2, 0.25) is 11.5 Å². The fourth-order valence-corrected chi connectivity index (χ4v) is 6.10. The number of amides is 2. The monoisotopic (exact) mass is 547 g/mol. The SMILES string of the molecule is CCON=C(C(=O)NC1C(=O)N2C(C(=O)O)=C(CSC=Cc3cccnc3)CS[C@@H]12)c1nsc(N)n1. The first-order chi connectivity index (χ1) is 17.4. The topological polar surface area (TPSA) is 173 Å². The molecule has 0 spiro atoms. The number of anilines is 1. The number of carbonyl (C=O) groups is 3. The normalized spacial score (nSPS) is 19.8. The van der Waals surface area contributed by atoms with Gasteiger partial charge in [0.1, 0.15) is 23.7 Å². The highest BCUT2D eigenvalue weighted by molar-refractivity contribution is 8.02. The standard InChI is InChI=1S/C21H21N7O5S3/c1-2-33-26-13(16-25-21(22)36-27-16)17(29)24-14-18(30)28-15(20(31)32)12(10-35-19(14)28)9-34-7-5-11-4-3-6-23-8-11/h3-8,14,19H,2,9-10H2,1H3,(H,24,29)(H,31,32)(H2,22,25,27)/t14?,19-/m0/s1. The van der Waals surface area contributed by atoms with Crippen molar-refractivity contribution in [3.8, 4) is 0 Å². The van der Waals surface area contributed by atoms with Crippen LogP contribution in [0.4, 0.5) is 5.13 Å². The predicted molar refractivity (Wildman–Crippen MR) is 138 cm³/mol. The average Bonchev–Trinajstić information content (AvgIpc) is 3.31. The van der Waals surface area contributed by atoms with Crippen molar-refractivity contribution >= 4 is 69.8 Å². The number of aliphatic carboxylic acids is 1. The van der Waals surface area contributed by atoms with Crippen LogP contribution in [0.1, 0.15) is 18.3 Å². The maximum atomic E-state index is 12.9. The summed E-state index contributed by atoms with van der Waals surface area (Å²) in [5.74, 6) is -1.64. The van der Waals surface area contributed by atoms with Gasteiger partial charge in [-0.05, 0) is 35.6 Å². The van der Waals surface area contributed by atoms with E-state index in [9.17, 15) is 19.5 Å². The molecule has 1 fully saturated rings. The summed E-state index contributed by atoms with van der Waals surface area (Å²) in [6, 6.07) is 2.80. The zero-order valence-electron chi connectivity index (χ0n) is 18.9. The zero-order valence-corrected chi connectivity index (χ0v) is 21.3. The Labute approximate surface area is 218 Å². The van der Waals surface area contributed by atoms with E-state index in [0.29, 0.717) is 17.1 Å². The molecule has 0 saturated carbocycles. The molecule has 2 aliphatic rings. The molecule has 1 unspecified atom stereocenters. The summed E-state index contributed by atoms with van der Waals surface area (Å²) in [6.07, 6.45) is 5.28. The number of hydrogen-bond acceptors (Lipinski definition) is 12. The van der Waals surface area contributed by atoms with E-state index in [0.717, 1.165) is 17.1 Å². The summed E-state index contributed by atoms with van der Waals surface area (Å²) in [5.41, 5.74) is 6.89. The number of hydrogen-bond donors (Lipinski definition) is 3. The maximum Gasteiger partial charge on any atom is 0.352 e. The molecular formula is C21H21N7O5S3. The maximum absolute atomic E-state index is 12.9. The van der Waals surface area contributed by atoms with Crippen molar-refractivity contribution in [2.24, 2.45) is 5.16 Å². The number of thioether (sulfide) groups is 2. The third kappa shape index (κ3) is 5.52. The van der Waals surface area contributed by atoms with E-state index in [4.69, 9.17) is 10.6 Å². The van der Waals surface area contributed by atoms with Crippen LogP contribution in [0, 0.1) is 0 Å². The number of nitrogens with one attached hydrogen (secondary N) is 1. The molecular weight excluding hydrogens is 526 g/mol. The summed E-state index contributed by atoms with van der Waals surface area (Å²) in [5, 5.41) is 17.7. The fourth-order valence-electron chi connectivity index (χ4n) is 3.40. The first-order valence-electron chi connectivity index (χ1n) is 10.6. The van der Waals surface area contributed by atoms with E-state index >= 15 is 0 Å². The molecule has 188 valence electrons. The van der Waals surface area contributed by atoms with Crippen LogP contribution in [0.5, 0.6) is 0 Å². The molecule has 36 heavy (non-hydrogen) atoms. The van der Waals surface area contributed by atoms with E-state index in [2.05, 4.69) is 24.8 Å². The van der Waals surface area contributed by atoms with Gasteiger partial charge in [0.25, 0.3) is 11.8 Å². The molecule has 12 nitrogen and oxygen atoms in total. The summed E-state index contributed by atoms with van der Waals surface area (Å²) in [7, 11) is 0. The number of nitrogens with two attached hydrogens (primary N) is 1. The quantitative estimate of drug-likeness (QED) is 0.223. The van der Waals surface area contributed by atoms with E-state index in [1.165, 1.54) is 28.4 Å². The largest absolute Gasteiger partial charge is 0.477 e. The van der Waals surface area contributed by atoms with Gasteiger partial charge in [-0.3, -0.25) is 19.5 Å². The molecule has 1 saturated heterocycles. The van der Waals surface area contributed by atoms with Crippen molar-refractivity contribution in [3.63, 3.8) is 0 Å². The lowest BCUT2D eigenvalue weighted by atomic mass is 10.0. The summed E-state index contributed by atoms with van der Waals surface area (Å²) in [6.45, 7) is 1.90. The number of nitrogens with zero attached hydrogens (tertiary/aromatic N) is 5. The van der Waals surface area contributed by atoms with Crippen LogP contribution < -0.4 is 11.1 Å². The molecule has 0 aliphatic carbocycles. The Kier molecular flexibility index (Phi) is 8.22. The van der Waals surface area contributed by atoms with Crippen LogP contribution in [-0.2, 0) is 19.2 Å². The smallest absolute Gasteiger partial charge is 0.352 e. The van der Waals surface area contributed by atoms with E-state index in [1.54, 1.807) is 19.3 Å². The number of oxime groups is 1. The Morgan fingerprint density at radius 3 is 2.97 bits per heavy atom.